The standard InChI is InChI=1S/C16H21N3O/c1-10-6-11(2)15(12(3)7-10)16-18-13(9-20-5)8-14(17-4)19-16/h6-8H,9H2,1-5H3,(H,17,18,19). The highest BCUT2D eigenvalue weighted by Gasteiger charge is 2.12. The Kier molecular flexibility index (Phi) is 4.35. The van der Waals surface area contributed by atoms with Crippen molar-refractivity contribution in [2.75, 3.05) is 19.5 Å². The third-order valence-electron chi connectivity index (χ3n) is 3.23. The third-order valence-corrected chi connectivity index (χ3v) is 3.23. The van der Waals surface area contributed by atoms with Crippen LogP contribution in [0.4, 0.5) is 5.82 Å². The number of nitrogens with one attached hydrogen (secondary N) is 1. The topological polar surface area (TPSA) is 47.0 Å². The zero-order valence-corrected chi connectivity index (χ0v) is 12.7. The van der Waals surface area contributed by atoms with Gasteiger partial charge in [0, 0.05) is 25.8 Å². The molecule has 2 rings (SSSR count). The van der Waals surface area contributed by atoms with Crippen LogP contribution in [0.15, 0.2) is 18.2 Å². The van der Waals surface area contributed by atoms with Gasteiger partial charge in [0.1, 0.15) is 5.82 Å². The number of hydrogen-bond donors (Lipinski definition) is 1. The lowest BCUT2D eigenvalue weighted by Crippen LogP contribution is -2.03. The van der Waals surface area contributed by atoms with Crippen LogP contribution < -0.4 is 5.32 Å². The largest absolute Gasteiger partial charge is 0.378 e. The van der Waals surface area contributed by atoms with E-state index >= 15 is 0 Å². The van der Waals surface area contributed by atoms with Crippen LogP contribution in [0.1, 0.15) is 22.4 Å². The Hall–Kier alpha value is -1.94. The van der Waals surface area contributed by atoms with E-state index in [0.29, 0.717) is 6.61 Å². The number of ether oxygens (including phenoxy) is 1. The highest BCUT2D eigenvalue weighted by Crippen LogP contribution is 2.27. The summed E-state index contributed by atoms with van der Waals surface area (Å²) < 4.78 is 5.18. The van der Waals surface area contributed by atoms with Crippen LogP contribution in [0.2, 0.25) is 0 Å². The molecule has 0 saturated heterocycles. The van der Waals surface area contributed by atoms with Gasteiger partial charge in [0.05, 0.1) is 12.3 Å². The summed E-state index contributed by atoms with van der Waals surface area (Å²) in [5.74, 6) is 1.56. The van der Waals surface area contributed by atoms with Crippen molar-refractivity contribution in [3.8, 4) is 11.4 Å². The van der Waals surface area contributed by atoms with Gasteiger partial charge in [0.15, 0.2) is 5.82 Å². The van der Waals surface area contributed by atoms with Crippen LogP contribution in [0.5, 0.6) is 0 Å². The maximum atomic E-state index is 5.18. The molecule has 4 heteroatoms. The fourth-order valence-corrected chi connectivity index (χ4v) is 2.49. The van der Waals surface area contributed by atoms with E-state index in [1.807, 2.05) is 13.1 Å². The minimum absolute atomic E-state index is 0.480. The average molecular weight is 271 g/mol. The molecule has 1 N–H and O–H groups in total. The molecular formula is C16H21N3O. The molecule has 0 aliphatic heterocycles. The molecule has 1 aromatic carbocycles. The van der Waals surface area contributed by atoms with Gasteiger partial charge < -0.3 is 10.1 Å². The summed E-state index contributed by atoms with van der Waals surface area (Å²) in [4.78, 5) is 9.19. The van der Waals surface area contributed by atoms with E-state index in [4.69, 9.17) is 4.74 Å². The summed E-state index contributed by atoms with van der Waals surface area (Å²) >= 11 is 0. The van der Waals surface area contributed by atoms with Gasteiger partial charge in [-0.1, -0.05) is 17.7 Å². The van der Waals surface area contributed by atoms with Gasteiger partial charge in [-0.15, -0.1) is 0 Å². The molecule has 0 saturated carbocycles. The highest BCUT2D eigenvalue weighted by molar-refractivity contribution is 5.66. The summed E-state index contributed by atoms with van der Waals surface area (Å²) in [6, 6.07) is 6.23. The summed E-state index contributed by atoms with van der Waals surface area (Å²) in [5, 5.41) is 3.08. The van der Waals surface area contributed by atoms with E-state index in [0.717, 1.165) is 22.9 Å². The molecule has 0 aliphatic rings. The Labute approximate surface area is 120 Å². The molecule has 20 heavy (non-hydrogen) atoms. The van der Waals surface area contributed by atoms with Crippen molar-refractivity contribution in [3.63, 3.8) is 0 Å². The van der Waals surface area contributed by atoms with Gasteiger partial charge in [0.2, 0.25) is 0 Å². The summed E-state index contributed by atoms with van der Waals surface area (Å²) in [7, 11) is 3.53. The lowest BCUT2D eigenvalue weighted by Gasteiger charge is -2.12. The maximum Gasteiger partial charge on any atom is 0.162 e. The first-order chi connectivity index (χ1) is 9.55. The van der Waals surface area contributed by atoms with E-state index < -0.39 is 0 Å². The zero-order valence-electron chi connectivity index (χ0n) is 12.7. The summed E-state index contributed by atoms with van der Waals surface area (Å²) in [6.45, 7) is 6.78. The predicted octanol–water partition coefficient (Wildman–Crippen LogP) is 3.26. The zero-order chi connectivity index (χ0) is 14.7. The smallest absolute Gasteiger partial charge is 0.162 e. The maximum absolute atomic E-state index is 5.18. The third kappa shape index (κ3) is 2.96. The van der Waals surface area contributed by atoms with E-state index in [2.05, 4.69) is 48.2 Å². The number of aromatic nitrogens is 2. The number of anilines is 1. The van der Waals surface area contributed by atoms with Crippen molar-refractivity contribution in [3.05, 3.63) is 40.6 Å². The molecule has 0 aliphatic carbocycles. The predicted molar refractivity (Wildman–Crippen MR) is 81.9 cm³/mol. The molecule has 0 atom stereocenters. The van der Waals surface area contributed by atoms with E-state index in [-0.39, 0.29) is 0 Å². The van der Waals surface area contributed by atoms with Crippen molar-refractivity contribution >= 4 is 5.82 Å². The van der Waals surface area contributed by atoms with Gasteiger partial charge in [-0.2, -0.15) is 0 Å². The fraction of sp³-hybridized carbons (Fsp3) is 0.375. The molecule has 0 radical (unpaired) electrons. The number of aryl methyl sites for hydroxylation is 3. The van der Waals surface area contributed by atoms with Gasteiger partial charge in [-0.05, 0) is 31.9 Å². The normalized spacial score (nSPS) is 10.7. The Morgan fingerprint density at radius 1 is 1.05 bits per heavy atom. The number of hydrogen-bond acceptors (Lipinski definition) is 4. The molecule has 2 aromatic rings. The molecule has 0 bridgehead atoms. The Morgan fingerprint density at radius 3 is 2.25 bits per heavy atom. The highest BCUT2D eigenvalue weighted by atomic mass is 16.5. The SMILES string of the molecule is CNc1cc(COC)nc(-c2c(C)cc(C)cc2C)n1. The number of benzene rings is 1. The average Bonchev–Trinajstić information content (AvgIpc) is 2.37. The summed E-state index contributed by atoms with van der Waals surface area (Å²) in [6.07, 6.45) is 0. The molecule has 0 amide bonds. The van der Waals surface area contributed by atoms with Crippen molar-refractivity contribution in [1.82, 2.24) is 9.97 Å². The Morgan fingerprint density at radius 2 is 1.70 bits per heavy atom. The van der Waals surface area contributed by atoms with Gasteiger partial charge in [-0.3, -0.25) is 0 Å². The van der Waals surface area contributed by atoms with Crippen LogP contribution in [0, 0.1) is 20.8 Å². The second kappa shape index (κ2) is 6.01. The summed E-state index contributed by atoms with van der Waals surface area (Å²) in [5.41, 5.74) is 5.62. The second-order valence-corrected chi connectivity index (χ2v) is 5.02. The molecule has 1 aromatic heterocycles. The van der Waals surface area contributed by atoms with E-state index in [1.54, 1.807) is 7.11 Å². The molecule has 0 fully saturated rings. The molecule has 4 nitrogen and oxygen atoms in total. The number of methoxy groups -OCH3 is 1. The molecule has 0 spiro atoms. The minimum Gasteiger partial charge on any atom is -0.378 e. The number of rotatable bonds is 4. The van der Waals surface area contributed by atoms with Crippen LogP contribution >= 0.6 is 0 Å². The molecule has 1 heterocycles. The van der Waals surface area contributed by atoms with Gasteiger partial charge in [-0.25, -0.2) is 9.97 Å². The fourth-order valence-electron chi connectivity index (χ4n) is 2.49. The molecule has 106 valence electrons. The van der Waals surface area contributed by atoms with Crippen LogP contribution in [0.25, 0.3) is 11.4 Å². The Bertz CT molecular complexity index is 600. The van der Waals surface area contributed by atoms with Crippen molar-refractivity contribution in [1.29, 1.82) is 0 Å². The van der Waals surface area contributed by atoms with Gasteiger partial charge in [0.25, 0.3) is 0 Å². The van der Waals surface area contributed by atoms with Gasteiger partial charge >= 0.3 is 0 Å². The first kappa shape index (κ1) is 14.5. The van der Waals surface area contributed by atoms with E-state index in [9.17, 15) is 0 Å². The van der Waals surface area contributed by atoms with Crippen molar-refractivity contribution in [2.24, 2.45) is 0 Å². The molecular weight excluding hydrogens is 250 g/mol. The lowest BCUT2D eigenvalue weighted by atomic mass is 9.99. The second-order valence-electron chi connectivity index (χ2n) is 5.02. The first-order valence-electron chi connectivity index (χ1n) is 6.68. The van der Waals surface area contributed by atoms with Crippen LogP contribution in [-0.2, 0) is 11.3 Å². The van der Waals surface area contributed by atoms with Crippen molar-refractivity contribution < 1.29 is 4.74 Å². The number of nitrogens with zero attached hydrogens (tertiary/aromatic N) is 2. The van der Waals surface area contributed by atoms with Crippen LogP contribution in [-0.4, -0.2) is 24.1 Å². The Balaban J connectivity index is 2.60. The molecule has 0 unspecified atom stereocenters. The minimum atomic E-state index is 0.480. The van der Waals surface area contributed by atoms with E-state index in [1.165, 1.54) is 16.7 Å². The monoisotopic (exact) mass is 271 g/mol. The lowest BCUT2D eigenvalue weighted by molar-refractivity contribution is 0.181. The van der Waals surface area contributed by atoms with Crippen LogP contribution in [0.3, 0.4) is 0 Å². The van der Waals surface area contributed by atoms with Crippen molar-refractivity contribution in [2.45, 2.75) is 27.4 Å². The first-order valence-corrected chi connectivity index (χ1v) is 6.68. The quantitative estimate of drug-likeness (QED) is 0.927.